The van der Waals surface area contributed by atoms with Crippen LogP contribution in [0.2, 0.25) is 13.3 Å². The molecule has 11 aromatic carbocycles. The normalized spacial score (nSPS) is 10.6. The SMILES string of the molecule is CCC[CH2][Sn]([CH2]CCC)([CH2]CCC)[N]=[N+]=[N-].CO.N#CCN(C(=O)c1cc(F)cc(Br)c1)c1ccc2c(cnn2OCc2ccccc2)c1.N#CCNc1ccc2c(cnn2OCc2ccccc2)c1.O=C(Cl)c1cc(F)cc(Br)c1.O=C(c1cc(F)cc(Br)c1)N(Cc1nn[nH]n1)c1ccc2c(cnn2O)c1.O=C(c1cc(F)cc(Br)c1)N(Cc1nn[nH]n1)c1ccc2c(cnn2OCc2ccccc2)c1. The Morgan fingerprint density at radius 2 is 0.817 bits per heavy atom. The molecule has 6 aromatic heterocycles. The first kappa shape index (κ1) is 108. The standard InChI is InChI=1S/C23H17BrFN7O2.C23H16BrFN4O2.C16H11BrFN7O2.C16H14N4O.C7H3BrClFO.3C4H9.CH4O.N3.Sn/c24-18-8-16(9-19(25)11-18)23(33)31(13-22-27-29-30-28-22)20-6-7-21-17(10-20)12-26-32(21)34-14-15-4-2-1-3-5-15;24-19-10-17(11-20(25)13-19)23(30)28(9-8-26)21-6-7-22-18(12-21)14-27-29(22)31-15-16-4-2-1-3-5-16;17-11-3-9(4-12(18)6-11)16(26)24(8-15-20-22-23-21-15)13-1-2-14-10(5-13)7-19-25(14)27;17-8-9-18-15-6-7-16-14(10-15)11-19-20(16)21-12-13-4-2-1-3-5-13;8-5-1-4(7(9)11)2-6(10)3-5;3*1-3-4-2;1-2;1-3-2;/h1-12H,13-14H2,(H,27,28,29,30);1-7,10-14H,9,15H2;1-7,27H,8H2,(H,20,21,22,23);1-7,10-11,18H,9,12H2;1-3H;3*1,3-4H2,2H3;2H,1H3;;/q;;;;;;;;;-1;+1. The van der Waals surface area contributed by atoms with Crippen molar-refractivity contribution in [2.45, 2.75) is 106 Å². The maximum Gasteiger partial charge on any atom is 0.259 e. The Kier molecular flexibility index (Phi) is 41.7. The molecule has 0 saturated heterocycles. The van der Waals surface area contributed by atoms with Gasteiger partial charge in [-0.05, 0) is 174 Å². The summed E-state index contributed by atoms with van der Waals surface area (Å²) in [6.07, 6.45) is 14.0. The number of carbonyl (C=O) groups is 4. The number of aromatic amines is 2. The van der Waals surface area contributed by atoms with Gasteiger partial charge in [0.05, 0.1) is 50.0 Å². The van der Waals surface area contributed by atoms with Crippen LogP contribution in [0.25, 0.3) is 54.1 Å². The van der Waals surface area contributed by atoms with Crippen molar-refractivity contribution in [1.82, 2.24) is 81.0 Å². The van der Waals surface area contributed by atoms with Crippen molar-refractivity contribution in [1.29, 1.82) is 10.5 Å². The predicted octanol–water partition coefficient (Wildman–Crippen LogP) is 22.0. The van der Waals surface area contributed by atoms with E-state index in [1.807, 2.05) is 115 Å². The third-order valence-electron chi connectivity index (χ3n) is 21.0. The number of halogens is 9. The van der Waals surface area contributed by atoms with Crippen LogP contribution in [0.4, 0.5) is 40.3 Å². The minimum Gasteiger partial charge on any atom is -0.411 e. The first-order chi connectivity index (χ1) is 68.8. The Bertz CT molecular complexity index is 7090. The number of unbranched alkanes of at least 4 members (excludes halogenated alkanes) is 3. The smallest absolute Gasteiger partial charge is 0.259 e. The third kappa shape index (κ3) is 31.5. The van der Waals surface area contributed by atoms with Crippen molar-refractivity contribution >= 4 is 183 Å². The number of fused-ring (bicyclic) bond motifs is 4. The average molecular weight is 2310 g/mol. The van der Waals surface area contributed by atoms with Gasteiger partial charge in [-0.25, -0.2) is 17.6 Å². The fourth-order valence-corrected chi connectivity index (χ4v) is 28.4. The molecule has 142 heavy (non-hydrogen) atoms. The second-order valence-corrected chi connectivity index (χ2v) is 46.8. The molecule has 730 valence electrons. The molecular weight excluding hydrogens is 2220 g/mol. The van der Waals surface area contributed by atoms with E-state index in [0.717, 1.165) is 85.2 Å². The van der Waals surface area contributed by atoms with Crippen molar-refractivity contribution in [2.75, 3.05) is 40.2 Å². The molecule has 0 unspecified atom stereocenters. The number of benzene rings is 11. The number of hydrogen-bond donors (Lipinski definition) is 5. The number of aliphatic hydroxyl groups is 1. The molecule has 0 aliphatic rings. The van der Waals surface area contributed by atoms with Crippen LogP contribution in [0.15, 0.2) is 283 Å². The summed E-state index contributed by atoms with van der Waals surface area (Å²) in [6, 6.07) is 70.5. The number of carbonyl (C=O) groups excluding carboxylic acids is 4. The molecule has 0 saturated carbocycles. The minimum absolute atomic E-state index is 0.0161. The summed E-state index contributed by atoms with van der Waals surface area (Å²) >= 11 is 15.3. The van der Waals surface area contributed by atoms with Crippen molar-refractivity contribution in [3.05, 3.63) is 364 Å². The van der Waals surface area contributed by atoms with Gasteiger partial charge in [0, 0.05) is 91.5 Å². The molecule has 0 aliphatic carbocycles. The van der Waals surface area contributed by atoms with Crippen LogP contribution < -0.4 is 34.5 Å². The second kappa shape index (κ2) is 54.9. The Morgan fingerprint density at radius 3 is 1.17 bits per heavy atom. The van der Waals surface area contributed by atoms with E-state index in [2.05, 4.69) is 166 Å². The molecule has 0 radical (unpaired) electrons. The molecule has 17 rings (SSSR count). The average Bonchev–Trinajstić information content (AvgIpc) is 1.60. The van der Waals surface area contributed by atoms with E-state index in [1.54, 1.807) is 79.3 Å². The number of nitrogens with zero attached hydrogens (tertiary/aromatic N) is 22. The van der Waals surface area contributed by atoms with E-state index < -0.39 is 64.9 Å². The monoisotopic (exact) mass is 2310 g/mol. The topological polar surface area (TPSA) is 435 Å². The summed E-state index contributed by atoms with van der Waals surface area (Å²) < 4.78 is 64.1. The number of H-pyrrole nitrogens is 2. The Balaban J connectivity index is 0.000000167. The van der Waals surface area contributed by atoms with Crippen LogP contribution in [0, 0.1) is 45.9 Å². The number of tetrazole rings is 2. The molecule has 0 bridgehead atoms. The number of nitriles is 2. The molecule has 34 nitrogen and oxygen atoms in total. The number of anilines is 4. The quantitative estimate of drug-likeness (QED) is 0.00373. The first-order valence-corrected chi connectivity index (χ1v) is 54.8. The molecule has 44 heteroatoms. The fourth-order valence-electron chi connectivity index (χ4n) is 14.2. The molecule has 6 heterocycles. The zero-order valence-electron chi connectivity index (χ0n) is 76.6. The summed E-state index contributed by atoms with van der Waals surface area (Å²) in [6.45, 7) is 8.01. The largest absolute Gasteiger partial charge is 0.411 e. The first-order valence-electron chi connectivity index (χ1n) is 43.9. The van der Waals surface area contributed by atoms with E-state index in [9.17, 15) is 47.2 Å². The van der Waals surface area contributed by atoms with E-state index in [1.165, 1.54) is 136 Å². The molecule has 5 N–H and O–H groups in total. The molecule has 0 aliphatic heterocycles. The van der Waals surface area contributed by atoms with Crippen LogP contribution in [0.3, 0.4) is 0 Å². The number of hydrogen-bond acceptors (Lipinski definition) is 23. The summed E-state index contributed by atoms with van der Waals surface area (Å²) in [5.41, 5.74) is 17.9. The van der Waals surface area contributed by atoms with Crippen LogP contribution in [0.5, 0.6) is 0 Å². The fraction of sp³-hybridized carbons (Fsp3) is 0.204. The van der Waals surface area contributed by atoms with E-state index in [0.29, 0.717) is 71.5 Å². The zero-order chi connectivity index (χ0) is 101. The Morgan fingerprint density at radius 1 is 0.472 bits per heavy atom. The van der Waals surface area contributed by atoms with E-state index in [4.69, 9.17) is 42.0 Å². The van der Waals surface area contributed by atoms with E-state index >= 15 is 0 Å². The van der Waals surface area contributed by atoms with Crippen LogP contribution in [0.1, 0.15) is 129 Å². The van der Waals surface area contributed by atoms with Crippen molar-refractivity contribution < 1.29 is 61.6 Å². The molecule has 0 atom stereocenters. The number of azide groups is 1. The summed E-state index contributed by atoms with van der Waals surface area (Å²) in [5, 5.41) is 83.9. The summed E-state index contributed by atoms with van der Waals surface area (Å²) in [4.78, 5) is 79.7. The van der Waals surface area contributed by atoms with Gasteiger partial charge in [0.15, 0.2) is 11.6 Å². The molecular formula is C98H92Br4ClF4N25O9Sn. The summed E-state index contributed by atoms with van der Waals surface area (Å²) in [7, 11) is 1.00. The maximum absolute atomic E-state index is 14.0. The van der Waals surface area contributed by atoms with Gasteiger partial charge >= 0.3 is 105 Å². The molecule has 17 aromatic rings. The van der Waals surface area contributed by atoms with Crippen LogP contribution >= 0.6 is 75.3 Å². The maximum atomic E-state index is 14.0. The van der Waals surface area contributed by atoms with Gasteiger partial charge < -0.3 is 39.9 Å². The number of amides is 3. The number of rotatable bonds is 33. The van der Waals surface area contributed by atoms with Crippen LogP contribution in [-0.2, 0) is 32.9 Å². The van der Waals surface area contributed by atoms with Gasteiger partial charge in [0.2, 0.25) is 0 Å². The van der Waals surface area contributed by atoms with E-state index in [-0.39, 0.29) is 54.3 Å². The van der Waals surface area contributed by atoms with Gasteiger partial charge in [0.1, 0.15) is 78.2 Å². The Labute approximate surface area is 854 Å². The number of nitrogens with one attached hydrogen (secondary N) is 3. The predicted molar refractivity (Wildman–Crippen MR) is 546 cm³/mol. The van der Waals surface area contributed by atoms with Gasteiger partial charge in [-0.15, -0.1) is 45.6 Å². The van der Waals surface area contributed by atoms with Gasteiger partial charge in [-0.3, -0.25) is 24.1 Å². The van der Waals surface area contributed by atoms with Gasteiger partial charge in [-0.1, -0.05) is 180 Å². The molecule has 3 amide bonds. The summed E-state index contributed by atoms with van der Waals surface area (Å²) in [5.74, 6) is -2.83. The van der Waals surface area contributed by atoms with Crippen molar-refractivity contribution in [3.63, 3.8) is 0 Å². The van der Waals surface area contributed by atoms with Crippen molar-refractivity contribution in [2.24, 2.45) is 3.34 Å². The zero-order valence-corrected chi connectivity index (χ0v) is 86.6. The van der Waals surface area contributed by atoms with Crippen molar-refractivity contribution in [3.8, 4) is 12.1 Å². The second-order valence-electron chi connectivity index (χ2n) is 31.0. The minimum atomic E-state index is -2.45. The Hall–Kier alpha value is -14.5. The van der Waals surface area contributed by atoms with Gasteiger partial charge in [0.25, 0.3) is 23.0 Å². The third-order valence-corrected chi connectivity index (χ3v) is 35.5. The molecule has 0 fully saturated rings. The number of aromatic nitrogens is 16. The van der Waals surface area contributed by atoms with Gasteiger partial charge in [-0.2, -0.15) is 21.0 Å². The van der Waals surface area contributed by atoms with Crippen LogP contribution in [-0.4, -0.2) is 153 Å². The molecule has 0 spiro atoms. The number of aliphatic hydroxyl groups excluding tert-OH is 1.